The summed E-state index contributed by atoms with van der Waals surface area (Å²) in [4.78, 5) is 26.4. The Morgan fingerprint density at radius 1 is 1.16 bits per heavy atom. The van der Waals surface area contributed by atoms with Crippen molar-refractivity contribution in [1.29, 1.82) is 0 Å². The monoisotopic (exact) mass is 422 g/mol. The molecule has 1 N–H and O–H groups in total. The van der Waals surface area contributed by atoms with Gasteiger partial charge < -0.3 is 15.2 Å². The zero-order valence-corrected chi connectivity index (χ0v) is 18.1. The van der Waals surface area contributed by atoms with Gasteiger partial charge in [0.2, 0.25) is 5.95 Å². The van der Waals surface area contributed by atoms with E-state index in [9.17, 15) is 9.18 Å². The van der Waals surface area contributed by atoms with Gasteiger partial charge in [0.25, 0.3) is 5.91 Å². The van der Waals surface area contributed by atoms with E-state index in [2.05, 4.69) is 25.4 Å². The minimum atomic E-state index is -0.351. The summed E-state index contributed by atoms with van der Waals surface area (Å²) >= 11 is 0. The van der Waals surface area contributed by atoms with E-state index in [1.54, 1.807) is 13.8 Å². The molecule has 3 aliphatic rings. The van der Waals surface area contributed by atoms with Gasteiger partial charge in [0.15, 0.2) is 5.82 Å². The molecule has 1 unspecified atom stereocenters. The topological polar surface area (TPSA) is 73.7 Å². The van der Waals surface area contributed by atoms with Gasteiger partial charge in [-0.25, -0.2) is 14.4 Å². The quantitative estimate of drug-likeness (QED) is 0.823. The predicted octanol–water partition coefficient (Wildman–Crippen LogP) is 2.91. The molecule has 0 aliphatic carbocycles. The summed E-state index contributed by atoms with van der Waals surface area (Å²) in [6.07, 6.45) is 3.62. The Bertz CT molecular complexity index is 1040. The number of amides is 1. The number of hydrazone groups is 1. The second-order valence-electron chi connectivity index (χ2n) is 8.79. The molecule has 0 saturated carbocycles. The van der Waals surface area contributed by atoms with Crippen LogP contribution in [0.3, 0.4) is 0 Å². The third kappa shape index (κ3) is 3.34. The van der Waals surface area contributed by atoms with Crippen LogP contribution in [0.5, 0.6) is 0 Å². The lowest BCUT2D eigenvalue weighted by Crippen LogP contribution is -2.66. The van der Waals surface area contributed by atoms with Crippen LogP contribution in [0, 0.1) is 32.5 Å². The highest BCUT2D eigenvalue weighted by Gasteiger charge is 2.46. The lowest BCUT2D eigenvalue weighted by molar-refractivity contribution is 0.00752. The molecule has 2 fully saturated rings. The number of aromatic nitrogens is 2. The molecule has 7 nitrogen and oxygen atoms in total. The third-order valence-corrected chi connectivity index (χ3v) is 6.83. The molecule has 3 atom stereocenters. The molecule has 5 rings (SSSR count). The molecular formula is C23H27FN6O. The molecule has 3 aliphatic heterocycles. The van der Waals surface area contributed by atoms with Gasteiger partial charge in [-0.2, -0.15) is 5.10 Å². The molecule has 8 heteroatoms. The number of anilines is 1. The molecule has 162 valence electrons. The molecule has 2 saturated heterocycles. The van der Waals surface area contributed by atoms with Gasteiger partial charge in [-0.1, -0.05) is 12.1 Å². The largest absolute Gasteiger partial charge is 0.339 e. The Morgan fingerprint density at radius 2 is 1.94 bits per heavy atom. The fraction of sp³-hybridized carbons (Fsp3) is 0.478. The highest BCUT2D eigenvalue weighted by atomic mass is 19.1. The minimum Gasteiger partial charge on any atom is -0.339 e. The summed E-state index contributed by atoms with van der Waals surface area (Å²) in [5, 5.41) is 4.14. The molecule has 1 aromatic carbocycles. The van der Waals surface area contributed by atoms with Crippen molar-refractivity contribution in [2.45, 2.75) is 45.7 Å². The van der Waals surface area contributed by atoms with Crippen molar-refractivity contribution < 1.29 is 9.18 Å². The zero-order valence-electron chi connectivity index (χ0n) is 18.1. The van der Waals surface area contributed by atoms with Crippen molar-refractivity contribution in [3.05, 3.63) is 52.1 Å². The fourth-order valence-corrected chi connectivity index (χ4v) is 5.06. The molecule has 4 heterocycles. The average Bonchev–Trinajstić information content (AvgIpc) is 3.26. The number of fused-ring (bicyclic) bond motifs is 1. The number of likely N-dealkylation sites (tertiary alicyclic amines) is 1. The van der Waals surface area contributed by atoms with Crippen LogP contribution in [-0.2, 0) is 0 Å². The first kappa shape index (κ1) is 19.9. The number of piperidine rings is 1. The number of carbonyl (C=O) groups excluding carboxylic acids is 1. The van der Waals surface area contributed by atoms with Crippen molar-refractivity contribution in [3.8, 4) is 0 Å². The summed E-state index contributed by atoms with van der Waals surface area (Å²) in [7, 11) is 0. The predicted molar refractivity (Wildman–Crippen MR) is 117 cm³/mol. The molecule has 2 aromatic rings. The van der Waals surface area contributed by atoms with Gasteiger partial charge in [-0.05, 0) is 44.4 Å². The molecule has 0 radical (unpaired) electrons. The maximum atomic E-state index is 14.0. The van der Waals surface area contributed by atoms with Crippen LogP contribution in [0.4, 0.5) is 10.3 Å². The second kappa shape index (κ2) is 7.59. The Balaban J connectivity index is 1.38. The highest BCUT2D eigenvalue weighted by Crippen LogP contribution is 2.36. The number of aryl methyl sites for hydroxylation is 3. The Hall–Kier alpha value is -3.03. The lowest BCUT2D eigenvalue weighted by Gasteiger charge is -2.53. The Kier molecular flexibility index (Phi) is 4.87. The van der Waals surface area contributed by atoms with E-state index in [0.717, 1.165) is 42.6 Å². The van der Waals surface area contributed by atoms with E-state index in [1.807, 2.05) is 36.2 Å². The first-order valence-electron chi connectivity index (χ1n) is 10.9. The molecule has 1 aromatic heterocycles. The highest BCUT2D eigenvalue weighted by molar-refractivity contribution is 5.97. The second-order valence-corrected chi connectivity index (χ2v) is 8.79. The van der Waals surface area contributed by atoms with Crippen LogP contribution >= 0.6 is 0 Å². The molecule has 0 spiro atoms. The van der Waals surface area contributed by atoms with Crippen molar-refractivity contribution in [2.75, 3.05) is 24.5 Å². The molecule has 1 amide bonds. The summed E-state index contributed by atoms with van der Waals surface area (Å²) in [6, 6.07) is 6.08. The van der Waals surface area contributed by atoms with Gasteiger partial charge in [-0.15, -0.1) is 0 Å². The maximum absolute atomic E-state index is 14.0. The Labute approximate surface area is 181 Å². The van der Waals surface area contributed by atoms with E-state index in [4.69, 9.17) is 0 Å². The Morgan fingerprint density at radius 3 is 2.65 bits per heavy atom. The van der Waals surface area contributed by atoms with Crippen LogP contribution in [0.25, 0.3) is 0 Å². The normalized spacial score (nSPS) is 24.6. The zero-order chi connectivity index (χ0) is 21.7. The van der Waals surface area contributed by atoms with Gasteiger partial charge in [0, 0.05) is 43.8 Å². The summed E-state index contributed by atoms with van der Waals surface area (Å²) in [5.74, 6) is 0.764. The first-order valence-corrected chi connectivity index (χ1v) is 10.9. The smallest absolute Gasteiger partial charge is 0.254 e. The van der Waals surface area contributed by atoms with Crippen LogP contribution in [-0.4, -0.2) is 52.7 Å². The van der Waals surface area contributed by atoms with Crippen LogP contribution in [0.1, 0.15) is 51.8 Å². The molecule has 0 bridgehead atoms. The third-order valence-electron chi connectivity index (χ3n) is 6.83. The lowest BCUT2D eigenvalue weighted by atomic mass is 9.81. The summed E-state index contributed by atoms with van der Waals surface area (Å²) in [6.45, 7) is 7.66. The summed E-state index contributed by atoms with van der Waals surface area (Å²) < 4.78 is 14.0. The van der Waals surface area contributed by atoms with Crippen molar-refractivity contribution in [3.63, 3.8) is 0 Å². The average molecular weight is 423 g/mol. The van der Waals surface area contributed by atoms with E-state index in [-0.39, 0.29) is 23.8 Å². The molecule has 31 heavy (non-hydrogen) atoms. The van der Waals surface area contributed by atoms with Crippen molar-refractivity contribution in [1.82, 2.24) is 20.3 Å². The SMILES string of the molecule is Cc1cccc(C(=O)N2C[C@H]3CCN(c4nc(C)c(F)c(C)n4)C[C@H]32)c1C1CC=NN1. The fourth-order valence-electron chi connectivity index (χ4n) is 5.06. The number of carbonyl (C=O) groups is 1. The first-order chi connectivity index (χ1) is 14.9. The molecular weight excluding hydrogens is 395 g/mol. The maximum Gasteiger partial charge on any atom is 0.254 e. The van der Waals surface area contributed by atoms with E-state index in [0.29, 0.717) is 29.8 Å². The number of halogens is 1. The van der Waals surface area contributed by atoms with E-state index >= 15 is 0 Å². The van der Waals surface area contributed by atoms with E-state index in [1.165, 1.54) is 0 Å². The number of hydrogen-bond donors (Lipinski definition) is 1. The van der Waals surface area contributed by atoms with Crippen LogP contribution < -0.4 is 10.3 Å². The van der Waals surface area contributed by atoms with Crippen LogP contribution in [0.2, 0.25) is 0 Å². The van der Waals surface area contributed by atoms with Crippen LogP contribution in [0.15, 0.2) is 23.3 Å². The van der Waals surface area contributed by atoms with Gasteiger partial charge in [0.05, 0.1) is 23.5 Å². The number of rotatable bonds is 3. The van der Waals surface area contributed by atoms with Crippen molar-refractivity contribution >= 4 is 18.1 Å². The number of nitrogens with one attached hydrogen (secondary N) is 1. The van der Waals surface area contributed by atoms with Gasteiger partial charge in [0.1, 0.15) is 0 Å². The minimum absolute atomic E-state index is 0.0404. The van der Waals surface area contributed by atoms with Gasteiger partial charge in [-0.3, -0.25) is 4.79 Å². The standard InChI is InChI=1S/C23H27FN6O/c1-13-5-4-6-17(20(13)18-7-9-25-28-18)22(31)30-11-16-8-10-29(12-19(16)30)23-26-14(2)21(24)15(3)27-23/h4-6,9,16,18-19,28H,7-8,10-12H2,1-3H3/t16-,18?,19-/m1/s1. The number of benzene rings is 1. The van der Waals surface area contributed by atoms with Gasteiger partial charge >= 0.3 is 0 Å². The van der Waals surface area contributed by atoms with E-state index < -0.39 is 0 Å². The number of hydrogen-bond acceptors (Lipinski definition) is 6. The number of nitrogens with zero attached hydrogens (tertiary/aromatic N) is 5. The van der Waals surface area contributed by atoms with Crippen molar-refractivity contribution in [2.24, 2.45) is 11.0 Å². The summed E-state index contributed by atoms with van der Waals surface area (Å²) in [5.41, 5.74) is 6.74.